The highest BCUT2D eigenvalue weighted by molar-refractivity contribution is 7.19. The lowest BCUT2D eigenvalue weighted by molar-refractivity contribution is 0.184. The fraction of sp³-hybridized carbons (Fsp3) is 0.480. The number of aryl methyl sites for hydroxylation is 1. The molecule has 3 aromatic rings. The summed E-state index contributed by atoms with van der Waals surface area (Å²) < 4.78 is 5.53. The van der Waals surface area contributed by atoms with Crippen molar-refractivity contribution in [2.75, 3.05) is 12.0 Å². The molecule has 31 heavy (non-hydrogen) atoms. The van der Waals surface area contributed by atoms with Crippen molar-refractivity contribution in [2.24, 2.45) is 16.4 Å². The second kappa shape index (κ2) is 8.95. The van der Waals surface area contributed by atoms with Crippen LogP contribution in [0.3, 0.4) is 0 Å². The van der Waals surface area contributed by atoms with Gasteiger partial charge in [0.05, 0.1) is 17.7 Å². The molecule has 0 unspecified atom stereocenters. The van der Waals surface area contributed by atoms with E-state index in [1.165, 1.54) is 23.3 Å². The highest BCUT2D eigenvalue weighted by Gasteiger charge is 2.33. The number of anilines is 1. The van der Waals surface area contributed by atoms with Crippen LogP contribution in [0.5, 0.6) is 5.75 Å². The van der Waals surface area contributed by atoms with Gasteiger partial charge in [0.15, 0.2) is 5.82 Å². The molecule has 164 valence electrons. The molecule has 1 aliphatic rings. The van der Waals surface area contributed by atoms with E-state index in [1.807, 2.05) is 49.4 Å². The molecule has 0 bridgehead atoms. The van der Waals surface area contributed by atoms with E-state index in [-0.39, 0.29) is 0 Å². The van der Waals surface area contributed by atoms with Crippen LogP contribution in [0.25, 0.3) is 10.2 Å². The Kier molecular flexibility index (Phi) is 6.28. The number of ether oxygens (including phenoxy) is 1. The second-order valence-corrected chi connectivity index (χ2v) is 10.0. The third-order valence-electron chi connectivity index (χ3n) is 6.77. The molecule has 1 N–H and O–H groups in total. The van der Waals surface area contributed by atoms with Crippen molar-refractivity contribution in [3.05, 3.63) is 46.6 Å². The van der Waals surface area contributed by atoms with E-state index in [0.717, 1.165) is 45.9 Å². The lowest BCUT2D eigenvalue weighted by Gasteiger charge is -2.36. The largest absolute Gasteiger partial charge is 0.494 e. The topological polar surface area (TPSA) is 59.4 Å². The van der Waals surface area contributed by atoms with Gasteiger partial charge in [-0.05, 0) is 79.8 Å². The first kappa shape index (κ1) is 21.8. The zero-order chi connectivity index (χ0) is 22.0. The van der Waals surface area contributed by atoms with Crippen LogP contribution in [-0.2, 0) is 12.8 Å². The van der Waals surface area contributed by atoms with E-state index in [2.05, 4.69) is 41.3 Å². The van der Waals surface area contributed by atoms with Crippen molar-refractivity contribution in [1.29, 1.82) is 0 Å². The number of hydrogen-bond donors (Lipinski definition) is 1. The molecule has 0 saturated heterocycles. The van der Waals surface area contributed by atoms with E-state index in [0.29, 0.717) is 17.9 Å². The van der Waals surface area contributed by atoms with Crippen LogP contribution in [0.2, 0.25) is 0 Å². The monoisotopic (exact) mass is 436 g/mol. The molecule has 0 radical (unpaired) electrons. The van der Waals surface area contributed by atoms with Gasteiger partial charge in [-0.15, -0.1) is 11.3 Å². The van der Waals surface area contributed by atoms with Crippen molar-refractivity contribution in [2.45, 2.75) is 60.3 Å². The zero-order valence-corrected chi connectivity index (χ0v) is 20.0. The lowest BCUT2D eigenvalue weighted by Crippen LogP contribution is -2.28. The Morgan fingerprint density at radius 1 is 1.23 bits per heavy atom. The molecule has 2 aromatic heterocycles. The minimum Gasteiger partial charge on any atom is -0.494 e. The summed E-state index contributed by atoms with van der Waals surface area (Å²) in [5, 5.41) is 5.80. The number of fused-ring (bicyclic) bond motifs is 3. The predicted molar refractivity (Wildman–Crippen MR) is 130 cm³/mol. The van der Waals surface area contributed by atoms with Gasteiger partial charge >= 0.3 is 0 Å². The number of hydrazone groups is 1. The van der Waals surface area contributed by atoms with Gasteiger partial charge in [-0.1, -0.05) is 27.2 Å². The molecule has 0 spiro atoms. The number of benzene rings is 1. The Hall–Kier alpha value is -2.47. The minimum atomic E-state index is 0.345. The predicted octanol–water partition coefficient (Wildman–Crippen LogP) is 6.47. The normalized spacial score (nSPS) is 16.9. The standard InChI is InChI=1S/C25H32N4OS/c1-6-25(4,5)18-10-13-21-20(14-18)22-23(26-15-27-24(22)31-21)29-28-16(3)17-8-11-19(12-9-17)30-7-2/h8-9,11-12,15,18H,6-7,10,13-14H2,1-5H3,(H,26,27,29)/b28-16-/t18-/m0/s1. The Morgan fingerprint density at radius 2 is 2.00 bits per heavy atom. The van der Waals surface area contributed by atoms with Crippen molar-refractivity contribution in [3.63, 3.8) is 0 Å². The Labute approximate surface area is 189 Å². The maximum atomic E-state index is 5.53. The van der Waals surface area contributed by atoms with Crippen LogP contribution < -0.4 is 10.2 Å². The SMILES string of the molecule is CCOc1ccc(/C(C)=N\Nc2ncnc3sc4c(c23)C[C@@H](C(C)(C)CC)CC4)cc1. The summed E-state index contributed by atoms with van der Waals surface area (Å²) >= 11 is 1.82. The number of rotatable bonds is 7. The average molecular weight is 437 g/mol. The second-order valence-electron chi connectivity index (χ2n) is 8.95. The molecule has 4 rings (SSSR count). The molecule has 5 nitrogen and oxygen atoms in total. The van der Waals surface area contributed by atoms with E-state index in [1.54, 1.807) is 6.33 Å². The molecule has 0 saturated carbocycles. The zero-order valence-electron chi connectivity index (χ0n) is 19.2. The first-order valence-electron chi connectivity index (χ1n) is 11.2. The number of hydrogen-bond acceptors (Lipinski definition) is 6. The molecule has 0 amide bonds. The smallest absolute Gasteiger partial charge is 0.158 e. The van der Waals surface area contributed by atoms with Gasteiger partial charge in [-0.3, -0.25) is 5.43 Å². The number of thiophene rings is 1. The van der Waals surface area contributed by atoms with Crippen molar-refractivity contribution in [1.82, 2.24) is 9.97 Å². The summed E-state index contributed by atoms with van der Waals surface area (Å²) in [5.41, 5.74) is 6.97. The minimum absolute atomic E-state index is 0.345. The quantitative estimate of drug-likeness (QED) is 0.341. The molecule has 1 atom stereocenters. The number of nitrogens with zero attached hydrogens (tertiary/aromatic N) is 3. The number of aromatic nitrogens is 2. The summed E-state index contributed by atoms with van der Waals surface area (Å²) in [6.07, 6.45) is 6.33. The summed E-state index contributed by atoms with van der Waals surface area (Å²) in [5.74, 6) is 2.37. The van der Waals surface area contributed by atoms with Crippen molar-refractivity contribution < 1.29 is 4.74 Å². The van der Waals surface area contributed by atoms with Crippen LogP contribution in [0.1, 0.15) is 63.5 Å². The van der Waals surface area contributed by atoms with Gasteiger partial charge in [0.25, 0.3) is 0 Å². The van der Waals surface area contributed by atoms with Crippen LogP contribution in [0.15, 0.2) is 35.7 Å². The molecule has 6 heteroatoms. The third kappa shape index (κ3) is 4.45. The Morgan fingerprint density at radius 3 is 2.71 bits per heavy atom. The highest BCUT2D eigenvalue weighted by atomic mass is 32.1. The van der Waals surface area contributed by atoms with Gasteiger partial charge in [0.1, 0.15) is 16.9 Å². The molecule has 1 aromatic carbocycles. The first-order valence-corrected chi connectivity index (χ1v) is 12.0. The van der Waals surface area contributed by atoms with Gasteiger partial charge in [-0.25, -0.2) is 9.97 Å². The van der Waals surface area contributed by atoms with Gasteiger partial charge in [-0.2, -0.15) is 5.10 Å². The molecule has 0 fully saturated rings. The molecular formula is C25H32N4OS. The first-order chi connectivity index (χ1) is 14.9. The fourth-order valence-corrected chi connectivity index (χ4v) is 5.49. The highest BCUT2D eigenvalue weighted by Crippen LogP contribution is 2.45. The van der Waals surface area contributed by atoms with E-state index in [9.17, 15) is 0 Å². The van der Waals surface area contributed by atoms with Gasteiger partial charge < -0.3 is 4.74 Å². The van der Waals surface area contributed by atoms with E-state index in [4.69, 9.17) is 4.74 Å². The summed E-state index contributed by atoms with van der Waals surface area (Å²) in [7, 11) is 0. The third-order valence-corrected chi connectivity index (χ3v) is 7.97. The fourth-order valence-electron chi connectivity index (χ4n) is 4.31. The van der Waals surface area contributed by atoms with E-state index >= 15 is 0 Å². The van der Waals surface area contributed by atoms with Crippen LogP contribution in [0.4, 0.5) is 5.82 Å². The van der Waals surface area contributed by atoms with Crippen molar-refractivity contribution in [3.8, 4) is 5.75 Å². The van der Waals surface area contributed by atoms with Crippen molar-refractivity contribution >= 4 is 33.1 Å². The van der Waals surface area contributed by atoms with Crippen LogP contribution >= 0.6 is 11.3 Å². The Balaban J connectivity index is 1.61. The summed E-state index contributed by atoms with van der Waals surface area (Å²) in [4.78, 5) is 11.7. The number of nitrogens with one attached hydrogen (secondary N) is 1. The maximum absolute atomic E-state index is 5.53. The summed E-state index contributed by atoms with van der Waals surface area (Å²) in [6.45, 7) is 11.8. The molecule has 2 heterocycles. The maximum Gasteiger partial charge on any atom is 0.158 e. The van der Waals surface area contributed by atoms with Crippen LogP contribution in [0, 0.1) is 11.3 Å². The lowest BCUT2D eigenvalue weighted by atomic mass is 9.69. The van der Waals surface area contributed by atoms with Gasteiger partial charge in [0.2, 0.25) is 0 Å². The van der Waals surface area contributed by atoms with E-state index < -0.39 is 0 Å². The summed E-state index contributed by atoms with van der Waals surface area (Å²) in [6, 6.07) is 8.02. The van der Waals surface area contributed by atoms with Crippen LogP contribution in [-0.4, -0.2) is 22.3 Å². The molecule has 0 aliphatic heterocycles. The van der Waals surface area contributed by atoms with Gasteiger partial charge in [0, 0.05) is 4.88 Å². The molecule has 1 aliphatic carbocycles. The average Bonchev–Trinajstić information content (AvgIpc) is 3.16. The molecular weight excluding hydrogens is 404 g/mol. The Bertz CT molecular complexity index is 1080.